The van der Waals surface area contributed by atoms with E-state index in [4.69, 9.17) is 0 Å². The maximum Gasteiger partial charge on any atom is 0.241 e. The number of hydrogen-bond donors (Lipinski definition) is 2. The van der Waals surface area contributed by atoms with Crippen molar-refractivity contribution in [1.29, 1.82) is 0 Å². The summed E-state index contributed by atoms with van der Waals surface area (Å²) in [4.78, 5) is 0.373. The van der Waals surface area contributed by atoms with Crippen molar-refractivity contribution in [3.8, 4) is 0 Å². The first-order valence-corrected chi connectivity index (χ1v) is 9.59. The van der Waals surface area contributed by atoms with Gasteiger partial charge in [0.1, 0.15) is 0 Å². The van der Waals surface area contributed by atoms with E-state index in [0.717, 1.165) is 41.4 Å². The van der Waals surface area contributed by atoms with Gasteiger partial charge in [-0.05, 0) is 62.9 Å². The van der Waals surface area contributed by atoms with E-state index in [9.17, 15) is 8.42 Å². The van der Waals surface area contributed by atoms with Crippen LogP contribution in [-0.4, -0.2) is 20.5 Å². The number of rotatable bonds is 7. The molecule has 0 bridgehead atoms. The first-order chi connectivity index (χ1) is 9.77. The average molecular weight is 375 g/mol. The van der Waals surface area contributed by atoms with E-state index in [1.807, 2.05) is 19.9 Å². The van der Waals surface area contributed by atoms with Crippen molar-refractivity contribution < 1.29 is 8.42 Å². The monoisotopic (exact) mass is 374 g/mol. The molecule has 0 radical (unpaired) electrons. The van der Waals surface area contributed by atoms with Crippen LogP contribution in [0.4, 0.5) is 0 Å². The molecule has 0 amide bonds. The van der Waals surface area contributed by atoms with Crippen molar-refractivity contribution in [3.05, 3.63) is 27.7 Å². The molecule has 1 fully saturated rings. The minimum Gasteiger partial charge on any atom is -0.313 e. The predicted octanol–water partition coefficient (Wildman–Crippen LogP) is 3.09. The zero-order valence-electron chi connectivity index (χ0n) is 12.8. The molecule has 21 heavy (non-hydrogen) atoms. The highest BCUT2D eigenvalue weighted by atomic mass is 79.9. The maximum atomic E-state index is 12.6. The van der Waals surface area contributed by atoms with Gasteiger partial charge in [-0.2, -0.15) is 0 Å². The van der Waals surface area contributed by atoms with Crippen LogP contribution in [0.2, 0.25) is 0 Å². The zero-order chi connectivity index (χ0) is 15.7. The first kappa shape index (κ1) is 16.9. The molecule has 0 unspecified atom stereocenters. The summed E-state index contributed by atoms with van der Waals surface area (Å²) in [6, 6.07) is 3.76. The second-order valence-corrected chi connectivity index (χ2v) is 8.55. The van der Waals surface area contributed by atoms with Crippen LogP contribution in [0.3, 0.4) is 0 Å². The molecule has 118 valence electrons. The molecule has 0 heterocycles. The van der Waals surface area contributed by atoms with E-state index < -0.39 is 10.0 Å². The van der Waals surface area contributed by atoms with Gasteiger partial charge in [-0.25, -0.2) is 13.1 Å². The Balaban J connectivity index is 2.28. The molecule has 0 spiro atoms. The van der Waals surface area contributed by atoms with E-state index in [1.54, 1.807) is 6.07 Å². The summed E-state index contributed by atoms with van der Waals surface area (Å²) in [6.45, 7) is 7.48. The zero-order valence-corrected chi connectivity index (χ0v) is 15.2. The van der Waals surface area contributed by atoms with Crippen LogP contribution in [0.15, 0.2) is 21.5 Å². The summed E-state index contributed by atoms with van der Waals surface area (Å²) < 4.78 is 28.8. The molecule has 1 aliphatic carbocycles. The summed E-state index contributed by atoms with van der Waals surface area (Å²) in [5.41, 5.74) is 1.47. The third kappa shape index (κ3) is 4.28. The van der Waals surface area contributed by atoms with Gasteiger partial charge >= 0.3 is 0 Å². The molecule has 0 aromatic heterocycles. The fourth-order valence-corrected chi connectivity index (χ4v) is 4.59. The summed E-state index contributed by atoms with van der Waals surface area (Å²) in [6.07, 6.45) is 2.87. The molecule has 1 saturated carbocycles. The smallest absolute Gasteiger partial charge is 0.241 e. The van der Waals surface area contributed by atoms with E-state index in [1.165, 1.54) is 0 Å². The van der Waals surface area contributed by atoms with Gasteiger partial charge in [-0.1, -0.05) is 22.9 Å². The molecule has 2 N–H and O–H groups in total. The van der Waals surface area contributed by atoms with Crippen LogP contribution >= 0.6 is 15.9 Å². The van der Waals surface area contributed by atoms with Crippen LogP contribution < -0.4 is 10.0 Å². The van der Waals surface area contributed by atoms with Gasteiger partial charge < -0.3 is 5.32 Å². The third-order valence-corrected chi connectivity index (χ3v) is 6.37. The number of nitrogens with one attached hydrogen (secondary N) is 2. The minimum atomic E-state index is -3.47. The molecule has 4 nitrogen and oxygen atoms in total. The van der Waals surface area contributed by atoms with Crippen LogP contribution in [0.1, 0.15) is 44.2 Å². The lowest BCUT2D eigenvalue weighted by Gasteiger charge is -2.16. The SMILES string of the molecule is CCCNCc1cc(Br)c(C)c(S(=O)(=O)NC2(C)CC2)c1. The summed E-state index contributed by atoms with van der Waals surface area (Å²) in [7, 11) is -3.47. The lowest BCUT2D eigenvalue weighted by molar-refractivity contribution is 0.557. The van der Waals surface area contributed by atoms with Gasteiger partial charge in [0.2, 0.25) is 10.0 Å². The van der Waals surface area contributed by atoms with E-state index in [2.05, 4.69) is 32.9 Å². The van der Waals surface area contributed by atoms with E-state index in [0.29, 0.717) is 11.4 Å². The summed E-state index contributed by atoms with van der Waals surface area (Å²) >= 11 is 3.47. The van der Waals surface area contributed by atoms with Crippen molar-refractivity contribution >= 4 is 26.0 Å². The second kappa shape index (κ2) is 6.36. The molecule has 0 atom stereocenters. The van der Waals surface area contributed by atoms with Gasteiger partial charge in [0.05, 0.1) is 4.90 Å². The Bertz CT molecular complexity index is 625. The standard InChI is InChI=1S/C15H23BrN2O2S/c1-4-7-17-10-12-8-13(16)11(2)14(9-12)21(19,20)18-15(3)5-6-15/h8-9,17-18H,4-7,10H2,1-3H3. The average Bonchev–Trinajstić information content (AvgIpc) is 3.10. The van der Waals surface area contributed by atoms with Gasteiger partial charge in [-0.3, -0.25) is 0 Å². The highest BCUT2D eigenvalue weighted by molar-refractivity contribution is 9.10. The Kier molecular flexibility index (Phi) is 5.13. The fraction of sp³-hybridized carbons (Fsp3) is 0.600. The lowest BCUT2D eigenvalue weighted by Crippen LogP contribution is -2.34. The Morgan fingerprint density at radius 2 is 2.00 bits per heavy atom. The number of halogens is 1. The summed E-state index contributed by atoms with van der Waals surface area (Å²) in [5.74, 6) is 0. The van der Waals surface area contributed by atoms with Gasteiger partial charge in [0, 0.05) is 16.6 Å². The molecular weight excluding hydrogens is 352 g/mol. The van der Waals surface area contributed by atoms with E-state index >= 15 is 0 Å². The van der Waals surface area contributed by atoms with Gasteiger partial charge in [-0.15, -0.1) is 0 Å². The number of sulfonamides is 1. The van der Waals surface area contributed by atoms with Gasteiger partial charge in [0.25, 0.3) is 0 Å². The molecule has 1 aromatic carbocycles. The Morgan fingerprint density at radius 3 is 2.57 bits per heavy atom. The Labute approximate surface area is 135 Å². The van der Waals surface area contributed by atoms with Crippen molar-refractivity contribution in [2.45, 2.75) is 57.0 Å². The summed E-state index contributed by atoms with van der Waals surface area (Å²) in [5, 5.41) is 3.30. The number of benzene rings is 1. The van der Waals surface area contributed by atoms with Crippen LogP contribution in [0, 0.1) is 6.92 Å². The molecule has 1 aromatic rings. The maximum absolute atomic E-state index is 12.6. The van der Waals surface area contributed by atoms with Crippen LogP contribution in [0.25, 0.3) is 0 Å². The van der Waals surface area contributed by atoms with Crippen molar-refractivity contribution in [2.75, 3.05) is 6.54 Å². The molecule has 0 aliphatic heterocycles. The normalized spacial score (nSPS) is 17.0. The first-order valence-electron chi connectivity index (χ1n) is 7.31. The molecule has 0 saturated heterocycles. The minimum absolute atomic E-state index is 0.256. The quantitative estimate of drug-likeness (QED) is 0.720. The van der Waals surface area contributed by atoms with Crippen molar-refractivity contribution in [2.24, 2.45) is 0 Å². The Morgan fingerprint density at radius 1 is 1.33 bits per heavy atom. The van der Waals surface area contributed by atoms with E-state index in [-0.39, 0.29) is 5.54 Å². The highest BCUT2D eigenvalue weighted by Gasteiger charge is 2.41. The van der Waals surface area contributed by atoms with Crippen molar-refractivity contribution in [3.63, 3.8) is 0 Å². The van der Waals surface area contributed by atoms with Crippen LogP contribution in [-0.2, 0) is 16.6 Å². The second-order valence-electron chi connectivity index (χ2n) is 6.04. The molecule has 6 heteroatoms. The molecular formula is C15H23BrN2O2S. The predicted molar refractivity (Wildman–Crippen MR) is 88.8 cm³/mol. The topological polar surface area (TPSA) is 58.2 Å². The Hall–Kier alpha value is -0.430. The van der Waals surface area contributed by atoms with Gasteiger partial charge in [0.15, 0.2) is 0 Å². The lowest BCUT2D eigenvalue weighted by atomic mass is 10.1. The molecule has 1 aliphatic rings. The van der Waals surface area contributed by atoms with Crippen LogP contribution in [0.5, 0.6) is 0 Å². The largest absolute Gasteiger partial charge is 0.313 e. The third-order valence-electron chi connectivity index (χ3n) is 3.78. The number of hydrogen-bond acceptors (Lipinski definition) is 3. The highest BCUT2D eigenvalue weighted by Crippen LogP contribution is 2.37. The van der Waals surface area contributed by atoms with Crippen molar-refractivity contribution in [1.82, 2.24) is 10.0 Å². The molecule has 2 rings (SSSR count). The fourth-order valence-electron chi connectivity index (χ4n) is 2.17.